The standard InChI is InChI=1S/C13H14FN3O2S/c1-2-17(9-5-3-8(14)4-6-9)13-16-10(7-20-13)11(15)12(18)19/h3-7,11H,2,15H2,1H3,(H,18,19). The highest BCUT2D eigenvalue weighted by atomic mass is 32.1. The largest absolute Gasteiger partial charge is 0.480 e. The molecule has 1 aromatic carbocycles. The fraction of sp³-hybridized carbons (Fsp3) is 0.231. The van der Waals surface area contributed by atoms with Crippen LogP contribution in [0.25, 0.3) is 0 Å². The van der Waals surface area contributed by atoms with Crippen LogP contribution < -0.4 is 10.6 Å². The number of rotatable bonds is 5. The van der Waals surface area contributed by atoms with Crippen molar-refractivity contribution in [1.29, 1.82) is 0 Å². The molecule has 0 aliphatic carbocycles. The van der Waals surface area contributed by atoms with Gasteiger partial charge in [0.15, 0.2) is 5.13 Å². The normalized spacial score (nSPS) is 12.2. The van der Waals surface area contributed by atoms with Crippen LogP contribution in [-0.4, -0.2) is 22.6 Å². The molecule has 3 N–H and O–H groups in total. The molecular weight excluding hydrogens is 281 g/mol. The number of halogens is 1. The summed E-state index contributed by atoms with van der Waals surface area (Å²) in [5.74, 6) is -1.43. The summed E-state index contributed by atoms with van der Waals surface area (Å²) < 4.78 is 12.9. The van der Waals surface area contributed by atoms with Crippen LogP contribution in [0.1, 0.15) is 18.7 Å². The van der Waals surface area contributed by atoms with Crippen LogP contribution in [0.3, 0.4) is 0 Å². The Labute approximate surface area is 119 Å². The van der Waals surface area contributed by atoms with E-state index in [1.165, 1.54) is 23.5 Å². The molecule has 1 aromatic heterocycles. The Morgan fingerprint density at radius 1 is 1.50 bits per heavy atom. The molecule has 0 aliphatic rings. The number of aromatic nitrogens is 1. The van der Waals surface area contributed by atoms with Crippen molar-refractivity contribution in [2.75, 3.05) is 11.4 Å². The van der Waals surface area contributed by atoms with E-state index in [1.807, 2.05) is 11.8 Å². The van der Waals surface area contributed by atoms with Gasteiger partial charge in [0.2, 0.25) is 0 Å². The summed E-state index contributed by atoms with van der Waals surface area (Å²) in [5.41, 5.74) is 6.64. The maximum Gasteiger partial charge on any atom is 0.326 e. The Morgan fingerprint density at radius 2 is 2.15 bits per heavy atom. The molecule has 2 aromatic rings. The molecule has 106 valence electrons. The highest BCUT2D eigenvalue weighted by molar-refractivity contribution is 7.13. The van der Waals surface area contributed by atoms with E-state index >= 15 is 0 Å². The maximum atomic E-state index is 12.9. The molecule has 0 saturated carbocycles. The number of nitrogens with two attached hydrogens (primary N) is 1. The van der Waals surface area contributed by atoms with Crippen molar-refractivity contribution < 1.29 is 14.3 Å². The molecule has 1 heterocycles. The molecule has 0 saturated heterocycles. The van der Waals surface area contributed by atoms with Gasteiger partial charge in [-0.1, -0.05) is 0 Å². The second kappa shape index (κ2) is 5.98. The first-order valence-electron chi connectivity index (χ1n) is 6.00. The Kier molecular flexibility index (Phi) is 4.31. The number of benzene rings is 1. The van der Waals surface area contributed by atoms with E-state index in [9.17, 15) is 9.18 Å². The quantitative estimate of drug-likeness (QED) is 0.886. The van der Waals surface area contributed by atoms with Gasteiger partial charge >= 0.3 is 5.97 Å². The van der Waals surface area contributed by atoms with Crippen molar-refractivity contribution in [3.05, 3.63) is 41.2 Å². The molecule has 0 fully saturated rings. The average Bonchev–Trinajstić information content (AvgIpc) is 2.90. The van der Waals surface area contributed by atoms with Gasteiger partial charge in [-0.25, -0.2) is 9.37 Å². The second-order valence-corrected chi connectivity index (χ2v) is 4.93. The molecule has 0 aliphatic heterocycles. The van der Waals surface area contributed by atoms with Gasteiger partial charge in [-0.2, -0.15) is 0 Å². The van der Waals surface area contributed by atoms with Crippen LogP contribution in [0.5, 0.6) is 0 Å². The fourth-order valence-corrected chi connectivity index (χ4v) is 2.66. The zero-order valence-corrected chi connectivity index (χ0v) is 11.6. The molecule has 1 unspecified atom stereocenters. The summed E-state index contributed by atoms with van der Waals surface area (Å²) in [4.78, 5) is 16.9. The summed E-state index contributed by atoms with van der Waals surface area (Å²) in [6, 6.07) is 4.91. The van der Waals surface area contributed by atoms with E-state index in [2.05, 4.69) is 4.98 Å². The number of carboxylic acids is 1. The van der Waals surface area contributed by atoms with E-state index in [0.717, 1.165) is 5.69 Å². The highest BCUT2D eigenvalue weighted by Crippen LogP contribution is 2.29. The Morgan fingerprint density at radius 3 is 2.70 bits per heavy atom. The van der Waals surface area contributed by atoms with Gasteiger partial charge in [0.1, 0.15) is 11.9 Å². The summed E-state index contributed by atoms with van der Waals surface area (Å²) in [6.45, 7) is 2.56. The van der Waals surface area contributed by atoms with Gasteiger partial charge in [-0.3, -0.25) is 4.79 Å². The first-order chi connectivity index (χ1) is 9.52. The average molecular weight is 295 g/mol. The summed E-state index contributed by atoms with van der Waals surface area (Å²) in [6.07, 6.45) is 0. The minimum atomic E-state index is -1.13. The number of thiazole rings is 1. The van der Waals surface area contributed by atoms with Gasteiger partial charge in [-0.15, -0.1) is 11.3 Å². The number of hydrogen-bond donors (Lipinski definition) is 2. The topological polar surface area (TPSA) is 79.5 Å². The number of carbonyl (C=O) groups is 1. The number of nitrogens with zero attached hydrogens (tertiary/aromatic N) is 2. The zero-order valence-electron chi connectivity index (χ0n) is 10.8. The number of anilines is 2. The van der Waals surface area contributed by atoms with Gasteiger partial charge in [0, 0.05) is 17.6 Å². The van der Waals surface area contributed by atoms with Crippen LogP contribution in [-0.2, 0) is 4.79 Å². The second-order valence-electron chi connectivity index (χ2n) is 4.09. The van der Waals surface area contributed by atoms with Crippen molar-refractivity contribution in [1.82, 2.24) is 4.98 Å². The molecule has 1 atom stereocenters. The number of hydrogen-bond acceptors (Lipinski definition) is 5. The lowest BCUT2D eigenvalue weighted by Crippen LogP contribution is -2.21. The highest BCUT2D eigenvalue weighted by Gasteiger charge is 2.20. The van der Waals surface area contributed by atoms with E-state index < -0.39 is 12.0 Å². The van der Waals surface area contributed by atoms with Gasteiger partial charge in [0.25, 0.3) is 0 Å². The predicted octanol–water partition coefficient (Wildman–Crippen LogP) is 2.52. The van der Waals surface area contributed by atoms with Crippen molar-refractivity contribution in [3.8, 4) is 0 Å². The van der Waals surface area contributed by atoms with E-state index in [0.29, 0.717) is 17.4 Å². The van der Waals surface area contributed by atoms with Gasteiger partial charge < -0.3 is 15.7 Å². The zero-order chi connectivity index (χ0) is 14.7. The minimum absolute atomic E-state index is 0.308. The summed E-state index contributed by atoms with van der Waals surface area (Å²) >= 11 is 1.30. The third kappa shape index (κ3) is 2.94. The molecule has 7 heteroatoms. The molecule has 2 rings (SSSR count). The Balaban J connectivity index is 2.28. The molecule has 0 bridgehead atoms. The summed E-state index contributed by atoms with van der Waals surface area (Å²) in [5, 5.41) is 11.1. The monoisotopic (exact) mass is 295 g/mol. The predicted molar refractivity (Wildman–Crippen MR) is 75.8 cm³/mol. The van der Waals surface area contributed by atoms with Gasteiger partial charge in [-0.05, 0) is 31.2 Å². The van der Waals surface area contributed by atoms with Crippen LogP contribution >= 0.6 is 11.3 Å². The lowest BCUT2D eigenvalue weighted by atomic mass is 10.2. The molecule has 5 nitrogen and oxygen atoms in total. The van der Waals surface area contributed by atoms with Crippen molar-refractivity contribution in [2.24, 2.45) is 5.73 Å². The van der Waals surface area contributed by atoms with Crippen molar-refractivity contribution in [2.45, 2.75) is 13.0 Å². The van der Waals surface area contributed by atoms with Crippen molar-refractivity contribution in [3.63, 3.8) is 0 Å². The maximum absolute atomic E-state index is 12.9. The van der Waals surface area contributed by atoms with Crippen LogP contribution in [0.15, 0.2) is 29.6 Å². The molecule has 20 heavy (non-hydrogen) atoms. The summed E-state index contributed by atoms with van der Waals surface area (Å²) in [7, 11) is 0. The number of carboxylic acid groups (broad SMARTS) is 1. The van der Waals surface area contributed by atoms with E-state index in [-0.39, 0.29) is 5.82 Å². The molecular formula is C13H14FN3O2S. The molecule has 0 radical (unpaired) electrons. The first-order valence-corrected chi connectivity index (χ1v) is 6.87. The van der Waals surface area contributed by atoms with Crippen LogP contribution in [0.4, 0.5) is 15.2 Å². The number of aliphatic carboxylic acids is 1. The van der Waals surface area contributed by atoms with E-state index in [4.69, 9.17) is 10.8 Å². The first kappa shape index (κ1) is 14.4. The molecule has 0 amide bonds. The lowest BCUT2D eigenvalue weighted by Gasteiger charge is -2.19. The Bertz CT molecular complexity index is 600. The third-order valence-corrected chi connectivity index (χ3v) is 3.66. The van der Waals surface area contributed by atoms with Gasteiger partial charge in [0.05, 0.1) is 5.69 Å². The fourth-order valence-electron chi connectivity index (χ4n) is 1.72. The lowest BCUT2D eigenvalue weighted by molar-refractivity contribution is -0.138. The van der Waals surface area contributed by atoms with Crippen LogP contribution in [0, 0.1) is 5.82 Å². The minimum Gasteiger partial charge on any atom is -0.480 e. The SMILES string of the molecule is CCN(c1ccc(F)cc1)c1nc(C(N)C(=O)O)cs1. The molecule has 0 spiro atoms. The third-order valence-electron chi connectivity index (χ3n) is 2.78. The Hall–Kier alpha value is -1.99. The van der Waals surface area contributed by atoms with E-state index in [1.54, 1.807) is 17.5 Å². The van der Waals surface area contributed by atoms with Crippen LogP contribution in [0.2, 0.25) is 0 Å². The van der Waals surface area contributed by atoms with Crippen molar-refractivity contribution >= 4 is 28.1 Å². The smallest absolute Gasteiger partial charge is 0.326 e.